The minimum absolute atomic E-state index is 0.276. The van der Waals surface area contributed by atoms with Crippen LogP contribution in [-0.2, 0) is 17.9 Å². The molecule has 5 aromatic rings. The van der Waals surface area contributed by atoms with Gasteiger partial charge in [-0.25, -0.2) is 0 Å². The van der Waals surface area contributed by atoms with E-state index in [9.17, 15) is 0 Å². The topological polar surface area (TPSA) is 0 Å². The Kier molecular flexibility index (Phi) is 9.88. The van der Waals surface area contributed by atoms with Crippen molar-refractivity contribution in [3.63, 3.8) is 0 Å². The number of hydrogen-bond donors (Lipinski definition) is 0. The van der Waals surface area contributed by atoms with E-state index < -0.39 is 18.9 Å². The van der Waals surface area contributed by atoms with Gasteiger partial charge in [0.2, 0.25) is 0 Å². The second kappa shape index (κ2) is 14.2. The van der Waals surface area contributed by atoms with Gasteiger partial charge < -0.3 is 0 Å². The molecule has 0 nitrogen and oxygen atoms in total. The van der Waals surface area contributed by atoms with Gasteiger partial charge in [0.1, 0.15) is 0 Å². The van der Waals surface area contributed by atoms with Gasteiger partial charge in [-0.1, -0.05) is 0 Å². The molecule has 0 radical (unpaired) electrons. The number of benzene rings is 5. The molecular weight excluding hydrogens is 764 g/mol. The van der Waals surface area contributed by atoms with Crippen molar-refractivity contribution < 1.29 is 26.7 Å². The zero-order chi connectivity index (χ0) is 32.1. The molecule has 0 bridgehead atoms. The van der Waals surface area contributed by atoms with Crippen LogP contribution >= 0.6 is 7.26 Å². The van der Waals surface area contributed by atoms with Crippen LogP contribution in [0.15, 0.2) is 150 Å². The standard InChI is InChI=1S/C42H35F2P.Os/c1-4-16-32-25-26-38-37(41(32)43)27-28-39(42(38)44)40(29-33-18-15-17-31(33)5-2)30(3)45(34-19-9-6-10-20-34,35-21-11-7-12-22-35)36-23-13-8-14-24-36;/h4-14,16,19-29H,15,17-18H2,1-2H3;/q+1;/b16-4+,31-5?,33-29?,40-30?;. The van der Waals surface area contributed by atoms with Crippen LogP contribution < -0.4 is 15.9 Å². The molecule has 1 fully saturated rings. The maximum absolute atomic E-state index is 17.1. The van der Waals surface area contributed by atoms with Crippen molar-refractivity contribution in [1.82, 2.24) is 0 Å². The Hall–Kier alpha value is -3.97. The van der Waals surface area contributed by atoms with Crippen LogP contribution in [0.4, 0.5) is 8.78 Å². The van der Waals surface area contributed by atoms with Gasteiger partial charge in [0.05, 0.1) is 0 Å². The molecule has 0 unspecified atom stereocenters. The molecule has 0 atom stereocenters. The van der Waals surface area contributed by atoms with E-state index in [4.69, 9.17) is 0 Å². The van der Waals surface area contributed by atoms with E-state index in [0.717, 1.165) is 30.1 Å². The predicted molar refractivity (Wildman–Crippen MR) is 190 cm³/mol. The van der Waals surface area contributed by atoms with Crippen LogP contribution in [0.2, 0.25) is 0 Å². The van der Waals surface area contributed by atoms with Gasteiger partial charge >= 0.3 is 283 Å². The summed E-state index contributed by atoms with van der Waals surface area (Å²) >= 11 is 1.69. The van der Waals surface area contributed by atoms with Crippen molar-refractivity contribution in [2.45, 2.75) is 33.1 Å². The van der Waals surface area contributed by atoms with E-state index in [1.54, 1.807) is 54.4 Å². The molecule has 0 aromatic heterocycles. The van der Waals surface area contributed by atoms with Gasteiger partial charge in [-0.2, -0.15) is 0 Å². The second-order valence-corrected chi connectivity index (χ2v) is 15.3. The third-order valence-corrected chi connectivity index (χ3v) is 14.2. The predicted octanol–water partition coefficient (Wildman–Crippen LogP) is 10.4. The summed E-state index contributed by atoms with van der Waals surface area (Å²) in [6.07, 6.45) is 10.9. The van der Waals surface area contributed by atoms with Crippen molar-refractivity contribution in [3.8, 4) is 4.37 Å². The van der Waals surface area contributed by atoms with E-state index in [0.29, 0.717) is 11.1 Å². The minimum atomic E-state index is -2.62. The first-order valence-corrected chi connectivity index (χ1v) is 18.7. The van der Waals surface area contributed by atoms with Gasteiger partial charge in [0.25, 0.3) is 0 Å². The molecular formula is C42H35F2OsP+. The van der Waals surface area contributed by atoms with Crippen LogP contribution in [0.25, 0.3) is 22.4 Å². The number of fused-ring (bicyclic) bond motifs is 1. The summed E-state index contributed by atoms with van der Waals surface area (Å²) < 4.78 is 36.4. The summed E-state index contributed by atoms with van der Waals surface area (Å²) in [6.45, 7) is 3.93. The zero-order valence-electron chi connectivity index (χ0n) is 26.0. The van der Waals surface area contributed by atoms with Crippen LogP contribution in [0.3, 0.4) is 0 Å². The van der Waals surface area contributed by atoms with Crippen LogP contribution in [0, 0.1) is 16.0 Å². The average molecular weight is 799 g/mol. The molecule has 0 spiro atoms. The normalized spacial score (nSPS) is 15.9. The monoisotopic (exact) mass is 800 g/mol. The van der Waals surface area contributed by atoms with Crippen LogP contribution in [0.5, 0.6) is 0 Å². The fourth-order valence-electron chi connectivity index (χ4n) is 6.68. The molecule has 6 rings (SSSR count). The van der Waals surface area contributed by atoms with E-state index in [2.05, 4.69) is 96.2 Å². The molecule has 0 amide bonds. The third kappa shape index (κ3) is 5.74. The number of rotatable bonds is 7. The molecule has 4 heteroatoms. The first-order valence-electron chi connectivity index (χ1n) is 15.6. The van der Waals surface area contributed by atoms with Gasteiger partial charge in [0.15, 0.2) is 0 Å². The number of hydrogen-bond acceptors (Lipinski definition) is 0. The van der Waals surface area contributed by atoms with Crippen molar-refractivity contribution in [2.75, 3.05) is 0 Å². The molecule has 5 aromatic carbocycles. The van der Waals surface area contributed by atoms with Crippen molar-refractivity contribution in [3.05, 3.63) is 173 Å². The molecule has 229 valence electrons. The van der Waals surface area contributed by atoms with E-state index in [1.807, 2.05) is 25.1 Å². The maximum atomic E-state index is 17.1. The van der Waals surface area contributed by atoms with Gasteiger partial charge in [-0.3, -0.25) is 0 Å². The fraction of sp³-hybridized carbons (Fsp3) is 0.119. The zero-order valence-corrected chi connectivity index (χ0v) is 29.4. The molecule has 0 N–H and O–H groups in total. The molecule has 0 heterocycles. The van der Waals surface area contributed by atoms with Crippen LogP contribution in [0.1, 0.15) is 44.2 Å². The summed E-state index contributed by atoms with van der Waals surface area (Å²) in [6, 6.07) is 38.7. The Morgan fingerprint density at radius 1 is 0.674 bits per heavy atom. The van der Waals surface area contributed by atoms with Gasteiger partial charge in [0, 0.05) is 0 Å². The molecule has 1 saturated carbocycles. The number of halogens is 2. The summed E-state index contributed by atoms with van der Waals surface area (Å²) in [5.74, 6) is -0.828. The summed E-state index contributed by atoms with van der Waals surface area (Å²) in [5, 5.41) is 5.02. The van der Waals surface area contributed by atoms with Crippen molar-refractivity contribution >= 4 is 45.6 Å². The van der Waals surface area contributed by atoms with Crippen LogP contribution in [-0.4, -0.2) is 0 Å². The van der Waals surface area contributed by atoms with E-state index >= 15 is 8.78 Å². The Bertz CT molecular complexity index is 1950. The Labute approximate surface area is 281 Å². The van der Waals surface area contributed by atoms with E-state index in [-0.39, 0.29) is 10.8 Å². The van der Waals surface area contributed by atoms with Gasteiger partial charge in [-0.05, 0) is 0 Å². The SMILES string of the molecule is CC=C1CCCC1=CC(=C([C]#[Os])[P+](c1ccccc1)(c1ccccc1)c1ccccc1)c1ccc2c(F)c(/C=C/C)ccc2c1F. The first kappa shape index (κ1) is 32.0. The Balaban J connectivity index is 1.80. The molecule has 1 aliphatic carbocycles. The average Bonchev–Trinajstić information content (AvgIpc) is 3.56. The van der Waals surface area contributed by atoms with Crippen molar-refractivity contribution in [2.24, 2.45) is 0 Å². The summed E-state index contributed by atoms with van der Waals surface area (Å²) in [4.78, 5) is 0. The quantitative estimate of drug-likeness (QED) is 0.144. The van der Waals surface area contributed by atoms with E-state index in [1.165, 1.54) is 27.1 Å². The second-order valence-electron chi connectivity index (χ2n) is 11.4. The molecule has 0 saturated heterocycles. The molecule has 1 aliphatic rings. The molecule has 46 heavy (non-hydrogen) atoms. The fourth-order valence-corrected chi connectivity index (χ4v) is 12.5. The third-order valence-electron chi connectivity index (χ3n) is 8.81. The van der Waals surface area contributed by atoms with Crippen molar-refractivity contribution in [1.29, 1.82) is 0 Å². The number of allylic oxidation sites excluding steroid dienone is 7. The summed E-state index contributed by atoms with van der Waals surface area (Å²) in [7, 11) is -2.62. The first-order chi connectivity index (χ1) is 22.5. The van der Waals surface area contributed by atoms with Gasteiger partial charge in [-0.15, -0.1) is 0 Å². The Morgan fingerprint density at radius 2 is 1.20 bits per heavy atom. The summed E-state index contributed by atoms with van der Waals surface area (Å²) in [5.41, 5.74) is 4.22. The Morgan fingerprint density at radius 3 is 1.72 bits per heavy atom. The molecule has 0 aliphatic heterocycles.